The van der Waals surface area contributed by atoms with Gasteiger partial charge in [-0.2, -0.15) is 0 Å². The minimum atomic E-state index is -0.944. The summed E-state index contributed by atoms with van der Waals surface area (Å²) in [5.41, 5.74) is 0.806. The number of aliphatic hydroxyl groups excluding tert-OH is 3. The monoisotopic (exact) mass is 210 g/mol. The molecular formula is C10H14N2O3. The fourth-order valence-electron chi connectivity index (χ4n) is 1.88. The van der Waals surface area contributed by atoms with Crippen LogP contribution in [0.15, 0.2) is 24.5 Å². The molecule has 1 aliphatic rings. The van der Waals surface area contributed by atoms with Gasteiger partial charge in [-0.3, -0.25) is 4.98 Å². The number of nitrogens with zero attached hydrogens (tertiary/aromatic N) is 1. The van der Waals surface area contributed by atoms with Gasteiger partial charge in [0.15, 0.2) is 0 Å². The highest BCUT2D eigenvalue weighted by atomic mass is 16.3. The molecule has 0 spiro atoms. The van der Waals surface area contributed by atoms with Crippen molar-refractivity contribution >= 4 is 0 Å². The van der Waals surface area contributed by atoms with Gasteiger partial charge in [0.05, 0.1) is 24.8 Å². The summed E-state index contributed by atoms with van der Waals surface area (Å²) in [6.45, 7) is -0.199. The third-order valence-corrected chi connectivity index (χ3v) is 2.74. The lowest BCUT2D eigenvalue weighted by Crippen LogP contribution is -2.35. The number of hydrogen-bond donors (Lipinski definition) is 4. The average molecular weight is 210 g/mol. The van der Waals surface area contributed by atoms with Crippen molar-refractivity contribution in [3.05, 3.63) is 30.1 Å². The largest absolute Gasteiger partial charge is 0.395 e. The molecule has 2 heterocycles. The van der Waals surface area contributed by atoms with Gasteiger partial charge in [-0.05, 0) is 11.6 Å². The fraction of sp³-hybridized carbons (Fsp3) is 0.500. The quantitative estimate of drug-likeness (QED) is 0.493. The van der Waals surface area contributed by atoms with Gasteiger partial charge in [0.25, 0.3) is 0 Å². The zero-order valence-corrected chi connectivity index (χ0v) is 8.11. The second kappa shape index (κ2) is 4.24. The SMILES string of the molecule is OC[C@H]1NC(c2cccnc2)[C@H](O)[C@@H]1O. The highest BCUT2D eigenvalue weighted by Gasteiger charge is 2.41. The van der Waals surface area contributed by atoms with E-state index in [1.165, 1.54) is 0 Å². The summed E-state index contributed by atoms with van der Waals surface area (Å²) in [5, 5.41) is 31.3. The van der Waals surface area contributed by atoms with Crippen LogP contribution in [0.25, 0.3) is 0 Å². The van der Waals surface area contributed by atoms with Crippen molar-refractivity contribution in [3.8, 4) is 0 Å². The Morgan fingerprint density at radius 2 is 2.13 bits per heavy atom. The molecule has 0 aromatic carbocycles. The van der Waals surface area contributed by atoms with Crippen LogP contribution in [-0.2, 0) is 0 Å². The van der Waals surface area contributed by atoms with E-state index in [2.05, 4.69) is 10.3 Å². The Kier molecular flexibility index (Phi) is 2.97. The molecule has 0 aliphatic carbocycles. The summed E-state index contributed by atoms with van der Waals surface area (Å²) < 4.78 is 0. The maximum absolute atomic E-state index is 9.76. The van der Waals surface area contributed by atoms with E-state index in [0.717, 1.165) is 5.56 Å². The lowest BCUT2D eigenvalue weighted by Gasteiger charge is -2.15. The smallest absolute Gasteiger partial charge is 0.101 e. The van der Waals surface area contributed by atoms with Gasteiger partial charge in [0.1, 0.15) is 6.10 Å². The fourth-order valence-corrected chi connectivity index (χ4v) is 1.88. The predicted molar refractivity (Wildman–Crippen MR) is 53.0 cm³/mol. The third kappa shape index (κ3) is 1.87. The zero-order valence-electron chi connectivity index (χ0n) is 8.11. The van der Waals surface area contributed by atoms with Crippen LogP contribution in [0.5, 0.6) is 0 Å². The summed E-state index contributed by atoms with van der Waals surface area (Å²) in [7, 11) is 0. The number of aromatic nitrogens is 1. The molecule has 4 N–H and O–H groups in total. The maximum Gasteiger partial charge on any atom is 0.101 e. The van der Waals surface area contributed by atoms with Crippen LogP contribution < -0.4 is 5.32 Å². The van der Waals surface area contributed by atoms with Crippen LogP contribution in [0, 0.1) is 0 Å². The molecule has 5 heteroatoms. The molecule has 82 valence electrons. The lowest BCUT2D eigenvalue weighted by atomic mass is 10.0. The summed E-state index contributed by atoms with van der Waals surface area (Å²) in [5.74, 6) is 0. The van der Waals surface area contributed by atoms with Gasteiger partial charge < -0.3 is 20.6 Å². The van der Waals surface area contributed by atoms with Crippen LogP contribution >= 0.6 is 0 Å². The number of hydrogen-bond acceptors (Lipinski definition) is 5. The average Bonchev–Trinajstić information content (AvgIpc) is 2.57. The van der Waals surface area contributed by atoms with E-state index < -0.39 is 18.2 Å². The topological polar surface area (TPSA) is 85.6 Å². The van der Waals surface area contributed by atoms with Crippen molar-refractivity contribution in [1.82, 2.24) is 10.3 Å². The van der Waals surface area contributed by atoms with Crippen LogP contribution in [0.4, 0.5) is 0 Å². The number of nitrogens with one attached hydrogen (secondary N) is 1. The first-order chi connectivity index (χ1) is 7.24. The van der Waals surface area contributed by atoms with E-state index >= 15 is 0 Å². The Balaban J connectivity index is 2.19. The molecular weight excluding hydrogens is 196 g/mol. The number of rotatable bonds is 2. The van der Waals surface area contributed by atoms with E-state index in [1.54, 1.807) is 18.5 Å². The Hall–Kier alpha value is -1.01. The van der Waals surface area contributed by atoms with E-state index in [0.29, 0.717) is 0 Å². The van der Waals surface area contributed by atoms with Gasteiger partial charge >= 0.3 is 0 Å². The molecule has 1 unspecified atom stereocenters. The standard InChI is InChI=1S/C10H14N2O3/c13-5-7-9(14)10(15)8(12-7)6-2-1-3-11-4-6/h1-4,7-10,12-15H,5H2/t7-,8?,9-,10+/m1/s1. The molecule has 1 fully saturated rings. The predicted octanol–water partition coefficient (Wildman–Crippen LogP) is -1.19. The maximum atomic E-state index is 9.76. The molecule has 0 radical (unpaired) electrons. The Bertz CT molecular complexity index is 320. The summed E-state index contributed by atoms with van der Waals surface area (Å²) in [6, 6.07) is 2.74. The van der Waals surface area contributed by atoms with Crippen molar-refractivity contribution in [2.75, 3.05) is 6.61 Å². The van der Waals surface area contributed by atoms with Crippen LogP contribution in [0.1, 0.15) is 11.6 Å². The van der Waals surface area contributed by atoms with E-state index in [-0.39, 0.29) is 12.6 Å². The van der Waals surface area contributed by atoms with Gasteiger partial charge in [-0.1, -0.05) is 6.07 Å². The molecule has 1 aliphatic heterocycles. The molecule has 2 rings (SSSR count). The molecule has 0 bridgehead atoms. The molecule has 1 saturated heterocycles. The second-order valence-electron chi connectivity index (χ2n) is 3.70. The lowest BCUT2D eigenvalue weighted by molar-refractivity contribution is 0.0194. The molecule has 1 aromatic rings. The van der Waals surface area contributed by atoms with Gasteiger partial charge in [-0.15, -0.1) is 0 Å². The van der Waals surface area contributed by atoms with E-state index in [1.807, 2.05) is 6.07 Å². The Morgan fingerprint density at radius 1 is 1.33 bits per heavy atom. The normalized spacial score (nSPS) is 35.7. The van der Waals surface area contributed by atoms with Gasteiger partial charge in [-0.25, -0.2) is 0 Å². The van der Waals surface area contributed by atoms with E-state index in [9.17, 15) is 10.2 Å². The van der Waals surface area contributed by atoms with Gasteiger partial charge in [0.2, 0.25) is 0 Å². The van der Waals surface area contributed by atoms with Crippen molar-refractivity contribution in [2.24, 2.45) is 0 Å². The summed E-state index contributed by atoms with van der Waals surface area (Å²) in [4.78, 5) is 3.94. The van der Waals surface area contributed by atoms with Crippen molar-refractivity contribution < 1.29 is 15.3 Å². The molecule has 0 amide bonds. The van der Waals surface area contributed by atoms with Crippen LogP contribution in [-0.4, -0.2) is 45.2 Å². The van der Waals surface area contributed by atoms with Crippen LogP contribution in [0.2, 0.25) is 0 Å². The van der Waals surface area contributed by atoms with Crippen molar-refractivity contribution in [1.29, 1.82) is 0 Å². The number of aliphatic hydroxyl groups is 3. The minimum Gasteiger partial charge on any atom is -0.395 e. The first-order valence-corrected chi connectivity index (χ1v) is 4.87. The van der Waals surface area contributed by atoms with E-state index in [4.69, 9.17) is 5.11 Å². The van der Waals surface area contributed by atoms with Crippen molar-refractivity contribution in [3.63, 3.8) is 0 Å². The molecule has 5 nitrogen and oxygen atoms in total. The molecule has 15 heavy (non-hydrogen) atoms. The third-order valence-electron chi connectivity index (χ3n) is 2.74. The molecule has 0 saturated carbocycles. The molecule has 4 atom stereocenters. The second-order valence-corrected chi connectivity index (χ2v) is 3.70. The first kappa shape index (κ1) is 10.5. The minimum absolute atomic E-state index is 0.199. The highest BCUT2D eigenvalue weighted by molar-refractivity contribution is 5.19. The highest BCUT2D eigenvalue weighted by Crippen LogP contribution is 2.26. The first-order valence-electron chi connectivity index (χ1n) is 4.87. The number of pyridine rings is 1. The van der Waals surface area contributed by atoms with Crippen molar-refractivity contribution in [2.45, 2.75) is 24.3 Å². The Morgan fingerprint density at radius 3 is 2.67 bits per heavy atom. The van der Waals surface area contributed by atoms with Gasteiger partial charge in [0, 0.05) is 12.4 Å². The zero-order chi connectivity index (χ0) is 10.8. The molecule has 1 aromatic heterocycles. The van der Waals surface area contributed by atoms with Crippen LogP contribution in [0.3, 0.4) is 0 Å². The summed E-state index contributed by atoms with van der Waals surface area (Å²) >= 11 is 0. The summed E-state index contributed by atoms with van der Waals surface area (Å²) in [6.07, 6.45) is 1.42. The Labute approximate surface area is 87.4 Å².